The van der Waals surface area contributed by atoms with Gasteiger partial charge in [0.1, 0.15) is 6.61 Å². The first-order chi connectivity index (χ1) is 8.89. The lowest BCUT2D eigenvalue weighted by atomic mass is 10.1. The molecule has 0 heterocycles. The Morgan fingerprint density at radius 1 is 1.16 bits per heavy atom. The van der Waals surface area contributed by atoms with Crippen LogP contribution in [0.5, 0.6) is 0 Å². The van der Waals surface area contributed by atoms with E-state index in [1.54, 1.807) is 6.92 Å². The Labute approximate surface area is 116 Å². The van der Waals surface area contributed by atoms with Gasteiger partial charge in [0.25, 0.3) is 0 Å². The van der Waals surface area contributed by atoms with Crippen molar-refractivity contribution in [1.82, 2.24) is 0 Å². The number of carbonyl (C=O) groups is 1. The topological polar surface area (TPSA) is 63.6 Å². The number of hydrogen-bond acceptors (Lipinski definition) is 3. The first-order valence-electron chi connectivity index (χ1n) is 7.02. The average Bonchev–Trinajstić information content (AvgIpc) is 2.33. The van der Waals surface area contributed by atoms with E-state index < -0.39 is 13.3 Å². The molecule has 0 spiro atoms. The van der Waals surface area contributed by atoms with E-state index in [0.29, 0.717) is 11.7 Å². The monoisotopic (exact) mass is 290 g/mol. The standard InChI is InChI=1S/C14H27O4P/c1-4-5-6-7-8-9-11-19(16,17)12-10-18-14(15)13(2)3/h2,4-12H2,1,3H3,(H,16,17). The fraction of sp³-hybridized carbons (Fsp3) is 0.786. The Balaban J connectivity index is 3.66. The van der Waals surface area contributed by atoms with Crippen LogP contribution in [0.4, 0.5) is 0 Å². The average molecular weight is 290 g/mol. The lowest BCUT2D eigenvalue weighted by Crippen LogP contribution is -2.10. The quantitative estimate of drug-likeness (QED) is 0.272. The van der Waals surface area contributed by atoms with Gasteiger partial charge in [-0.3, -0.25) is 4.57 Å². The minimum Gasteiger partial charge on any atom is -0.462 e. The lowest BCUT2D eigenvalue weighted by molar-refractivity contribution is -0.138. The summed E-state index contributed by atoms with van der Waals surface area (Å²) in [5.74, 6) is -0.500. The first-order valence-corrected chi connectivity index (χ1v) is 9.05. The molecule has 1 unspecified atom stereocenters. The molecule has 0 radical (unpaired) electrons. The van der Waals surface area contributed by atoms with E-state index in [1.165, 1.54) is 19.3 Å². The third kappa shape index (κ3) is 11.0. The largest absolute Gasteiger partial charge is 0.462 e. The predicted octanol–water partition coefficient (Wildman–Crippen LogP) is 3.74. The summed E-state index contributed by atoms with van der Waals surface area (Å²) in [6.45, 7) is 7.16. The molecule has 0 saturated carbocycles. The number of carbonyl (C=O) groups excluding carboxylic acids is 1. The molecule has 1 atom stereocenters. The van der Waals surface area contributed by atoms with Crippen LogP contribution >= 0.6 is 7.37 Å². The van der Waals surface area contributed by atoms with Crippen LogP contribution in [0.15, 0.2) is 12.2 Å². The Morgan fingerprint density at radius 3 is 2.32 bits per heavy atom. The van der Waals surface area contributed by atoms with Crippen LogP contribution in [0.2, 0.25) is 0 Å². The second-order valence-electron chi connectivity index (χ2n) is 4.98. The van der Waals surface area contributed by atoms with Gasteiger partial charge in [-0.25, -0.2) is 4.79 Å². The number of unbranched alkanes of at least 4 members (excludes halogenated alkanes) is 5. The van der Waals surface area contributed by atoms with Gasteiger partial charge in [0.2, 0.25) is 7.37 Å². The highest BCUT2D eigenvalue weighted by molar-refractivity contribution is 7.58. The molecule has 0 amide bonds. The molecular weight excluding hydrogens is 263 g/mol. The fourth-order valence-electron chi connectivity index (χ4n) is 1.66. The van der Waals surface area contributed by atoms with Crippen LogP contribution in [-0.4, -0.2) is 29.8 Å². The second-order valence-corrected chi connectivity index (χ2v) is 7.56. The molecular formula is C14H27O4P. The van der Waals surface area contributed by atoms with E-state index in [-0.39, 0.29) is 12.8 Å². The van der Waals surface area contributed by atoms with Crippen LogP contribution < -0.4 is 0 Å². The van der Waals surface area contributed by atoms with Crippen LogP contribution in [-0.2, 0) is 14.1 Å². The minimum atomic E-state index is -3.14. The van der Waals surface area contributed by atoms with E-state index in [4.69, 9.17) is 4.74 Å². The number of hydrogen-bond donors (Lipinski definition) is 1. The van der Waals surface area contributed by atoms with Gasteiger partial charge in [-0.15, -0.1) is 0 Å². The van der Waals surface area contributed by atoms with E-state index >= 15 is 0 Å². The zero-order valence-corrected chi connectivity index (χ0v) is 13.1. The fourth-order valence-corrected chi connectivity index (χ4v) is 2.97. The van der Waals surface area contributed by atoms with E-state index in [9.17, 15) is 14.3 Å². The molecule has 19 heavy (non-hydrogen) atoms. The molecule has 5 heteroatoms. The van der Waals surface area contributed by atoms with Gasteiger partial charge >= 0.3 is 5.97 Å². The third-order valence-electron chi connectivity index (χ3n) is 2.88. The Morgan fingerprint density at radius 2 is 1.74 bits per heavy atom. The lowest BCUT2D eigenvalue weighted by Gasteiger charge is -2.11. The van der Waals surface area contributed by atoms with E-state index in [2.05, 4.69) is 13.5 Å². The molecule has 0 aliphatic carbocycles. The molecule has 0 saturated heterocycles. The van der Waals surface area contributed by atoms with Crippen molar-refractivity contribution in [3.8, 4) is 0 Å². The van der Waals surface area contributed by atoms with Crippen molar-refractivity contribution >= 4 is 13.3 Å². The highest BCUT2D eigenvalue weighted by atomic mass is 31.2. The maximum atomic E-state index is 11.8. The number of rotatable bonds is 11. The maximum absolute atomic E-state index is 11.8. The SMILES string of the molecule is C=C(C)C(=O)OCCP(=O)(O)CCCCCCCC. The van der Waals surface area contributed by atoms with Crippen molar-refractivity contribution in [3.63, 3.8) is 0 Å². The van der Waals surface area contributed by atoms with Crippen LogP contribution in [0.1, 0.15) is 52.4 Å². The third-order valence-corrected chi connectivity index (χ3v) is 4.78. The van der Waals surface area contributed by atoms with Crippen molar-refractivity contribution in [2.45, 2.75) is 52.4 Å². The molecule has 0 aromatic rings. The zero-order valence-electron chi connectivity index (χ0n) is 12.2. The summed E-state index contributed by atoms with van der Waals surface area (Å²) in [6, 6.07) is 0. The summed E-state index contributed by atoms with van der Waals surface area (Å²) < 4.78 is 16.6. The van der Waals surface area contributed by atoms with Gasteiger partial charge < -0.3 is 9.63 Å². The summed E-state index contributed by atoms with van der Waals surface area (Å²) in [5.41, 5.74) is 0.309. The predicted molar refractivity (Wildman–Crippen MR) is 78.7 cm³/mol. The van der Waals surface area contributed by atoms with Gasteiger partial charge in [0.05, 0.1) is 6.16 Å². The van der Waals surface area contributed by atoms with Crippen molar-refractivity contribution in [2.75, 3.05) is 18.9 Å². The maximum Gasteiger partial charge on any atom is 0.333 e. The normalized spacial score (nSPS) is 13.8. The smallest absolute Gasteiger partial charge is 0.333 e. The molecule has 0 aliphatic heterocycles. The van der Waals surface area contributed by atoms with Gasteiger partial charge in [0, 0.05) is 11.7 Å². The summed E-state index contributed by atoms with van der Waals surface area (Å²) in [6.07, 6.45) is 6.88. The zero-order chi connectivity index (χ0) is 14.7. The molecule has 4 nitrogen and oxygen atoms in total. The molecule has 0 aromatic heterocycles. The van der Waals surface area contributed by atoms with Crippen LogP contribution in [0, 0.1) is 0 Å². The highest BCUT2D eigenvalue weighted by Gasteiger charge is 2.18. The Hall–Kier alpha value is -0.600. The molecule has 1 N–H and O–H groups in total. The highest BCUT2D eigenvalue weighted by Crippen LogP contribution is 2.41. The molecule has 0 aliphatic rings. The summed E-state index contributed by atoms with van der Waals surface area (Å²) in [5, 5.41) is 0. The van der Waals surface area contributed by atoms with Crippen molar-refractivity contribution in [3.05, 3.63) is 12.2 Å². The Bertz CT molecular complexity index is 325. The van der Waals surface area contributed by atoms with Crippen molar-refractivity contribution < 1.29 is 19.0 Å². The molecule has 0 aromatic carbocycles. The summed E-state index contributed by atoms with van der Waals surface area (Å²) in [7, 11) is -3.14. The number of esters is 1. The van der Waals surface area contributed by atoms with Gasteiger partial charge in [0.15, 0.2) is 0 Å². The second kappa shape index (κ2) is 10.2. The van der Waals surface area contributed by atoms with Gasteiger partial charge in [-0.05, 0) is 13.3 Å². The molecule has 0 bridgehead atoms. The number of ether oxygens (including phenoxy) is 1. The van der Waals surface area contributed by atoms with E-state index in [1.807, 2.05) is 0 Å². The molecule has 112 valence electrons. The molecule has 0 fully saturated rings. The Kier molecular flexibility index (Phi) is 9.90. The van der Waals surface area contributed by atoms with Crippen LogP contribution in [0.3, 0.4) is 0 Å². The van der Waals surface area contributed by atoms with Crippen molar-refractivity contribution in [2.24, 2.45) is 0 Å². The van der Waals surface area contributed by atoms with Gasteiger partial charge in [-0.1, -0.05) is 45.6 Å². The molecule has 0 rings (SSSR count). The van der Waals surface area contributed by atoms with Crippen LogP contribution in [0.25, 0.3) is 0 Å². The van der Waals surface area contributed by atoms with Crippen molar-refractivity contribution in [1.29, 1.82) is 0 Å². The summed E-state index contributed by atoms with van der Waals surface area (Å²) >= 11 is 0. The summed E-state index contributed by atoms with van der Waals surface area (Å²) in [4.78, 5) is 20.8. The first kappa shape index (κ1) is 18.4. The van der Waals surface area contributed by atoms with E-state index in [0.717, 1.165) is 19.3 Å². The van der Waals surface area contributed by atoms with Gasteiger partial charge in [-0.2, -0.15) is 0 Å². The minimum absolute atomic E-state index is 0.00466.